The first-order chi connectivity index (χ1) is 8.46. The lowest BCUT2D eigenvalue weighted by Gasteiger charge is -2.16. The van der Waals surface area contributed by atoms with Gasteiger partial charge in [0.1, 0.15) is 11.5 Å². The summed E-state index contributed by atoms with van der Waals surface area (Å²) in [5.74, 6) is -1.23. The molecule has 0 aromatic heterocycles. The molecule has 7 heteroatoms. The third-order valence-electron chi connectivity index (χ3n) is 2.39. The van der Waals surface area contributed by atoms with E-state index in [1.807, 2.05) is 0 Å². The van der Waals surface area contributed by atoms with Gasteiger partial charge in [-0.3, -0.25) is 4.79 Å². The van der Waals surface area contributed by atoms with Crippen molar-refractivity contribution in [3.8, 4) is 0 Å². The fourth-order valence-corrected chi connectivity index (χ4v) is 2.69. The Balaban J connectivity index is 2.42. The van der Waals surface area contributed by atoms with E-state index in [0.717, 1.165) is 12.8 Å². The zero-order valence-electron chi connectivity index (χ0n) is 10.8. The SMILES string of the molecule is CCOC(CS(=O)(=O)CC(=O)NC1CC1)OCC. The molecule has 1 rings (SSSR count). The monoisotopic (exact) mass is 279 g/mol. The standard InChI is InChI=1S/C11H21NO5S/c1-3-16-11(17-4-2)8-18(14,15)7-10(13)12-9-5-6-9/h9,11H,3-8H2,1-2H3,(H,12,13). The predicted molar refractivity (Wildman–Crippen MR) is 66.9 cm³/mol. The molecule has 6 nitrogen and oxygen atoms in total. The molecule has 1 aliphatic rings. The third-order valence-corrected chi connectivity index (χ3v) is 3.87. The van der Waals surface area contributed by atoms with Gasteiger partial charge in [-0.2, -0.15) is 0 Å². The van der Waals surface area contributed by atoms with E-state index in [9.17, 15) is 13.2 Å². The maximum absolute atomic E-state index is 11.8. The molecule has 18 heavy (non-hydrogen) atoms. The van der Waals surface area contributed by atoms with Crippen LogP contribution in [0.25, 0.3) is 0 Å². The molecule has 0 aromatic rings. The van der Waals surface area contributed by atoms with Gasteiger partial charge in [-0.25, -0.2) is 8.42 Å². The van der Waals surface area contributed by atoms with Crippen molar-refractivity contribution in [2.45, 2.75) is 39.0 Å². The summed E-state index contributed by atoms with van der Waals surface area (Å²) in [5, 5.41) is 2.65. The third kappa shape index (κ3) is 6.32. The van der Waals surface area contributed by atoms with Crippen LogP contribution in [0.4, 0.5) is 0 Å². The van der Waals surface area contributed by atoms with E-state index in [1.54, 1.807) is 13.8 Å². The first-order valence-corrected chi connectivity index (χ1v) is 8.02. The molecule has 1 fully saturated rings. The zero-order valence-corrected chi connectivity index (χ0v) is 11.7. The molecule has 0 radical (unpaired) electrons. The lowest BCUT2D eigenvalue weighted by Crippen LogP contribution is -2.36. The van der Waals surface area contributed by atoms with Crippen LogP contribution < -0.4 is 5.32 Å². The van der Waals surface area contributed by atoms with Crippen molar-refractivity contribution in [1.29, 1.82) is 0 Å². The average Bonchev–Trinajstić information content (AvgIpc) is 3.00. The molecule has 106 valence electrons. The van der Waals surface area contributed by atoms with Gasteiger partial charge < -0.3 is 14.8 Å². The van der Waals surface area contributed by atoms with E-state index in [-0.39, 0.29) is 11.8 Å². The van der Waals surface area contributed by atoms with Gasteiger partial charge in [-0.15, -0.1) is 0 Å². The number of ether oxygens (including phenoxy) is 2. The highest BCUT2D eigenvalue weighted by molar-refractivity contribution is 7.92. The van der Waals surface area contributed by atoms with Crippen LogP contribution in [-0.4, -0.2) is 51.4 Å². The quantitative estimate of drug-likeness (QED) is 0.604. The maximum Gasteiger partial charge on any atom is 0.235 e. The number of sulfone groups is 1. The highest BCUT2D eigenvalue weighted by Crippen LogP contribution is 2.18. The topological polar surface area (TPSA) is 81.7 Å². The average molecular weight is 279 g/mol. The Labute approximate surface area is 108 Å². The summed E-state index contributed by atoms with van der Waals surface area (Å²) in [4.78, 5) is 11.4. The van der Waals surface area contributed by atoms with E-state index >= 15 is 0 Å². The summed E-state index contributed by atoms with van der Waals surface area (Å²) in [6, 6.07) is 0.169. The van der Waals surface area contributed by atoms with E-state index in [2.05, 4.69) is 5.32 Å². The Morgan fingerprint density at radius 3 is 2.28 bits per heavy atom. The van der Waals surface area contributed by atoms with Crippen molar-refractivity contribution in [1.82, 2.24) is 5.32 Å². The summed E-state index contributed by atoms with van der Waals surface area (Å²) in [5.41, 5.74) is 0. The van der Waals surface area contributed by atoms with Crippen LogP contribution in [0.1, 0.15) is 26.7 Å². The summed E-state index contributed by atoms with van der Waals surface area (Å²) in [6.45, 7) is 4.26. The minimum absolute atomic E-state index is 0.169. The van der Waals surface area contributed by atoms with Crippen LogP contribution in [0.2, 0.25) is 0 Å². The van der Waals surface area contributed by atoms with Gasteiger partial charge in [0.2, 0.25) is 5.91 Å². The minimum Gasteiger partial charge on any atom is -0.352 e. The minimum atomic E-state index is -3.50. The Kier molecular flexibility index (Phi) is 6.04. The Bertz CT molecular complexity index is 358. The molecule has 0 unspecified atom stereocenters. The molecule has 0 heterocycles. The summed E-state index contributed by atoms with van der Waals surface area (Å²) in [6.07, 6.45) is 1.08. The molecule has 0 aromatic carbocycles. The van der Waals surface area contributed by atoms with Gasteiger partial charge in [0.15, 0.2) is 16.1 Å². The van der Waals surface area contributed by atoms with Crippen molar-refractivity contribution >= 4 is 15.7 Å². The molecule has 0 bridgehead atoms. The smallest absolute Gasteiger partial charge is 0.235 e. The lowest BCUT2D eigenvalue weighted by atomic mass is 10.6. The number of hydrogen-bond donors (Lipinski definition) is 1. The van der Waals surface area contributed by atoms with Crippen LogP contribution >= 0.6 is 0 Å². The van der Waals surface area contributed by atoms with Gasteiger partial charge in [-0.05, 0) is 26.7 Å². The van der Waals surface area contributed by atoms with Crippen LogP contribution in [0.3, 0.4) is 0 Å². The van der Waals surface area contributed by atoms with E-state index in [0.29, 0.717) is 13.2 Å². The molecule has 1 saturated carbocycles. The van der Waals surface area contributed by atoms with E-state index in [4.69, 9.17) is 9.47 Å². The summed E-state index contributed by atoms with van der Waals surface area (Å²) < 4.78 is 33.9. The second-order valence-corrected chi connectivity index (χ2v) is 6.35. The Morgan fingerprint density at radius 2 is 1.83 bits per heavy atom. The normalized spacial score (nSPS) is 15.9. The molecular formula is C11H21NO5S. The van der Waals surface area contributed by atoms with Crippen molar-refractivity contribution in [2.75, 3.05) is 24.7 Å². The van der Waals surface area contributed by atoms with E-state index in [1.165, 1.54) is 0 Å². The first-order valence-electron chi connectivity index (χ1n) is 6.19. The van der Waals surface area contributed by atoms with Crippen LogP contribution in [0.15, 0.2) is 0 Å². The fourth-order valence-electron chi connectivity index (χ4n) is 1.48. The molecule has 0 atom stereocenters. The van der Waals surface area contributed by atoms with E-state index < -0.39 is 27.8 Å². The summed E-state index contributed by atoms with van der Waals surface area (Å²) in [7, 11) is -3.50. The van der Waals surface area contributed by atoms with Gasteiger partial charge in [0.05, 0.1) is 0 Å². The highest BCUT2D eigenvalue weighted by atomic mass is 32.2. The van der Waals surface area contributed by atoms with Crippen LogP contribution in [0.5, 0.6) is 0 Å². The second kappa shape index (κ2) is 7.06. The van der Waals surface area contributed by atoms with Gasteiger partial charge in [0.25, 0.3) is 0 Å². The molecule has 0 saturated heterocycles. The molecule has 1 aliphatic carbocycles. The van der Waals surface area contributed by atoms with Crippen molar-refractivity contribution in [2.24, 2.45) is 0 Å². The van der Waals surface area contributed by atoms with Crippen molar-refractivity contribution < 1.29 is 22.7 Å². The van der Waals surface area contributed by atoms with Gasteiger partial charge >= 0.3 is 0 Å². The number of amides is 1. The van der Waals surface area contributed by atoms with Crippen LogP contribution in [0, 0.1) is 0 Å². The number of carbonyl (C=O) groups is 1. The fraction of sp³-hybridized carbons (Fsp3) is 0.909. The van der Waals surface area contributed by atoms with Gasteiger partial charge in [0, 0.05) is 19.3 Å². The van der Waals surface area contributed by atoms with Gasteiger partial charge in [-0.1, -0.05) is 0 Å². The molecule has 1 N–H and O–H groups in total. The maximum atomic E-state index is 11.8. The highest BCUT2D eigenvalue weighted by Gasteiger charge is 2.27. The summed E-state index contributed by atoms with van der Waals surface area (Å²) >= 11 is 0. The number of nitrogens with one attached hydrogen (secondary N) is 1. The Morgan fingerprint density at radius 1 is 1.28 bits per heavy atom. The largest absolute Gasteiger partial charge is 0.352 e. The molecular weight excluding hydrogens is 258 g/mol. The number of hydrogen-bond acceptors (Lipinski definition) is 5. The number of rotatable bonds is 9. The predicted octanol–water partition coefficient (Wildman–Crippen LogP) is 0.0789. The Hall–Kier alpha value is -0.660. The molecule has 0 aliphatic heterocycles. The first kappa shape index (κ1) is 15.4. The van der Waals surface area contributed by atoms with Crippen molar-refractivity contribution in [3.63, 3.8) is 0 Å². The number of carbonyl (C=O) groups excluding carboxylic acids is 1. The molecule has 1 amide bonds. The van der Waals surface area contributed by atoms with Crippen LogP contribution in [-0.2, 0) is 24.1 Å². The zero-order chi connectivity index (χ0) is 13.6. The lowest BCUT2D eigenvalue weighted by molar-refractivity contribution is -0.121. The van der Waals surface area contributed by atoms with Crippen molar-refractivity contribution in [3.05, 3.63) is 0 Å². The second-order valence-electron chi connectivity index (χ2n) is 4.24. The molecule has 0 spiro atoms.